The Labute approximate surface area is 125 Å². The van der Waals surface area contributed by atoms with E-state index in [2.05, 4.69) is 0 Å². The highest BCUT2D eigenvalue weighted by Gasteiger charge is 2.37. The monoisotopic (exact) mass is 320 g/mol. The molecule has 0 unspecified atom stereocenters. The van der Waals surface area contributed by atoms with Gasteiger partial charge in [-0.1, -0.05) is 0 Å². The van der Waals surface area contributed by atoms with Crippen molar-refractivity contribution >= 4 is 23.9 Å². The maximum atomic E-state index is 10.8. The van der Waals surface area contributed by atoms with Crippen molar-refractivity contribution in [3.05, 3.63) is 0 Å². The van der Waals surface area contributed by atoms with Crippen LogP contribution in [0, 0.1) is 0 Å². The SMILES string of the molecule is NC(CCC(N)(CC(=O)O)CC(=O)O)(CC(=O)O)CC(=O)O. The van der Waals surface area contributed by atoms with Crippen LogP contribution in [0.15, 0.2) is 0 Å². The molecular weight excluding hydrogens is 300 g/mol. The van der Waals surface area contributed by atoms with E-state index in [0.29, 0.717) is 0 Å². The molecular formula is C12H20N2O8. The van der Waals surface area contributed by atoms with Crippen LogP contribution >= 0.6 is 0 Å². The van der Waals surface area contributed by atoms with E-state index in [0.717, 1.165) is 0 Å². The summed E-state index contributed by atoms with van der Waals surface area (Å²) in [4.78, 5) is 43.1. The fourth-order valence-corrected chi connectivity index (χ4v) is 2.18. The summed E-state index contributed by atoms with van der Waals surface area (Å²) >= 11 is 0. The number of hydrogen-bond acceptors (Lipinski definition) is 6. The van der Waals surface area contributed by atoms with Crippen LogP contribution in [0.3, 0.4) is 0 Å². The Morgan fingerprint density at radius 1 is 0.591 bits per heavy atom. The average Bonchev–Trinajstić information content (AvgIpc) is 2.21. The minimum atomic E-state index is -1.64. The maximum Gasteiger partial charge on any atom is 0.305 e. The van der Waals surface area contributed by atoms with Gasteiger partial charge in [0.15, 0.2) is 0 Å². The van der Waals surface area contributed by atoms with E-state index in [1.54, 1.807) is 0 Å². The second-order valence-corrected chi connectivity index (χ2v) is 5.51. The second-order valence-electron chi connectivity index (χ2n) is 5.51. The molecule has 0 radical (unpaired) electrons. The molecule has 0 aliphatic heterocycles. The standard InChI is InChI=1S/C12H20N2O8/c13-11(3-7(15)16,4-8(17)18)1-2-12(14,5-9(19)20)6-10(21)22/h1-6,13-14H2,(H,15,16)(H,17,18)(H,19,20)(H,21,22). The molecule has 0 aromatic rings. The van der Waals surface area contributed by atoms with Crippen molar-refractivity contribution in [3.8, 4) is 0 Å². The van der Waals surface area contributed by atoms with Crippen LogP contribution in [-0.4, -0.2) is 55.4 Å². The van der Waals surface area contributed by atoms with Crippen molar-refractivity contribution in [3.63, 3.8) is 0 Å². The molecule has 0 aromatic carbocycles. The molecule has 0 saturated carbocycles. The van der Waals surface area contributed by atoms with Crippen LogP contribution in [-0.2, 0) is 19.2 Å². The highest BCUT2D eigenvalue weighted by atomic mass is 16.4. The zero-order valence-corrected chi connectivity index (χ0v) is 11.8. The predicted molar refractivity (Wildman–Crippen MR) is 72.1 cm³/mol. The van der Waals surface area contributed by atoms with Crippen LogP contribution in [0.2, 0.25) is 0 Å². The molecule has 0 atom stereocenters. The smallest absolute Gasteiger partial charge is 0.305 e. The Morgan fingerprint density at radius 3 is 0.909 bits per heavy atom. The van der Waals surface area contributed by atoms with Gasteiger partial charge in [0.1, 0.15) is 0 Å². The Hall–Kier alpha value is -2.20. The molecule has 0 aliphatic rings. The summed E-state index contributed by atoms with van der Waals surface area (Å²) in [6.45, 7) is 0. The lowest BCUT2D eigenvalue weighted by Gasteiger charge is -2.32. The molecule has 0 fully saturated rings. The van der Waals surface area contributed by atoms with E-state index in [9.17, 15) is 19.2 Å². The molecule has 0 heterocycles. The van der Waals surface area contributed by atoms with Gasteiger partial charge in [0, 0.05) is 11.1 Å². The number of aliphatic carboxylic acids is 4. The zero-order chi connectivity index (χ0) is 17.6. The highest BCUT2D eigenvalue weighted by Crippen LogP contribution is 2.27. The minimum Gasteiger partial charge on any atom is -0.481 e. The third kappa shape index (κ3) is 8.17. The second kappa shape index (κ2) is 7.71. The maximum absolute atomic E-state index is 10.8. The van der Waals surface area contributed by atoms with Gasteiger partial charge in [-0.25, -0.2) is 0 Å². The van der Waals surface area contributed by atoms with Gasteiger partial charge in [-0.2, -0.15) is 0 Å². The fraction of sp³-hybridized carbons (Fsp3) is 0.667. The molecule has 0 spiro atoms. The molecule has 0 amide bonds. The van der Waals surface area contributed by atoms with E-state index in [4.69, 9.17) is 31.9 Å². The first-order chi connectivity index (χ1) is 9.87. The summed E-state index contributed by atoms with van der Waals surface area (Å²) in [6.07, 6.45) is -3.10. The van der Waals surface area contributed by atoms with Crippen molar-refractivity contribution in [1.82, 2.24) is 0 Å². The Bertz CT molecular complexity index is 388. The van der Waals surface area contributed by atoms with Crippen LogP contribution < -0.4 is 11.5 Å². The summed E-state index contributed by atoms with van der Waals surface area (Å²) in [5.74, 6) is -5.27. The third-order valence-electron chi connectivity index (χ3n) is 3.13. The number of rotatable bonds is 11. The summed E-state index contributed by atoms with van der Waals surface area (Å²) in [5.41, 5.74) is 8.23. The first kappa shape index (κ1) is 19.8. The van der Waals surface area contributed by atoms with Gasteiger partial charge in [0.25, 0.3) is 0 Å². The molecule has 0 aliphatic carbocycles. The highest BCUT2D eigenvalue weighted by molar-refractivity contribution is 5.74. The van der Waals surface area contributed by atoms with Gasteiger partial charge in [-0.3, -0.25) is 19.2 Å². The number of carbonyl (C=O) groups is 4. The number of hydrogen-bond donors (Lipinski definition) is 6. The van der Waals surface area contributed by atoms with Gasteiger partial charge >= 0.3 is 23.9 Å². The van der Waals surface area contributed by atoms with Gasteiger partial charge in [0.2, 0.25) is 0 Å². The Balaban J connectivity index is 5.09. The first-order valence-electron chi connectivity index (χ1n) is 6.32. The van der Waals surface area contributed by atoms with E-state index in [-0.39, 0.29) is 12.8 Å². The summed E-state index contributed by atoms with van der Waals surface area (Å²) < 4.78 is 0. The first-order valence-corrected chi connectivity index (χ1v) is 6.32. The predicted octanol–water partition coefficient (Wildman–Crippen LogP) is -0.940. The molecule has 8 N–H and O–H groups in total. The van der Waals surface area contributed by atoms with Crippen LogP contribution in [0.1, 0.15) is 38.5 Å². The summed E-state index contributed by atoms with van der Waals surface area (Å²) in [6, 6.07) is 0. The van der Waals surface area contributed by atoms with Crippen molar-refractivity contribution in [2.45, 2.75) is 49.6 Å². The van der Waals surface area contributed by atoms with E-state index in [1.807, 2.05) is 0 Å². The summed E-state index contributed by atoms with van der Waals surface area (Å²) in [7, 11) is 0. The molecule has 0 aromatic heterocycles. The van der Waals surface area contributed by atoms with Crippen molar-refractivity contribution in [2.75, 3.05) is 0 Å². The number of carboxylic acids is 4. The van der Waals surface area contributed by atoms with Crippen LogP contribution in [0.4, 0.5) is 0 Å². The Kier molecular flexibility index (Phi) is 6.94. The third-order valence-corrected chi connectivity index (χ3v) is 3.13. The van der Waals surface area contributed by atoms with Crippen LogP contribution in [0.5, 0.6) is 0 Å². The van der Waals surface area contributed by atoms with Crippen molar-refractivity contribution in [2.24, 2.45) is 11.5 Å². The lowest BCUT2D eigenvalue weighted by molar-refractivity contribution is -0.144. The van der Waals surface area contributed by atoms with E-state index >= 15 is 0 Å². The minimum absolute atomic E-state index is 0.233. The van der Waals surface area contributed by atoms with Gasteiger partial charge < -0.3 is 31.9 Å². The molecule has 126 valence electrons. The lowest BCUT2D eigenvalue weighted by Crippen LogP contribution is -2.49. The molecule has 22 heavy (non-hydrogen) atoms. The van der Waals surface area contributed by atoms with Crippen LogP contribution in [0.25, 0.3) is 0 Å². The fourth-order valence-electron chi connectivity index (χ4n) is 2.18. The number of carboxylic acid groups (broad SMARTS) is 4. The average molecular weight is 320 g/mol. The normalized spacial score (nSPS) is 11.9. The molecule has 0 bridgehead atoms. The lowest BCUT2D eigenvalue weighted by atomic mass is 9.79. The van der Waals surface area contributed by atoms with Gasteiger partial charge in [-0.05, 0) is 12.8 Å². The van der Waals surface area contributed by atoms with Gasteiger partial charge in [0.05, 0.1) is 25.7 Å². The Morgan fingerprint density at radius 2 is 0.773 bits per heavy atom. The number of nitrogens with two attached hydrogens (primary N) is 2. The molecule has 0 saturated heterocycles. The zero-order valence-electron chi connectivity index (χ0n) is 11.8. The van der Waals surface area contributed by atoms with Gasteiger partial charge in [-0.15, -0.1) is 0 Å². The van der Waals surface area contributed by atoms with Crippen molar-refractivity contribution in [1.29, 1.82) is 0 Å². The summed E-state index contributed by atoms with van der Waals surface area (Å²) in [5, 5.41) is 35.2. The molecule has 10 heteroatoms. The quantitative estimate of drug-likeness (QED) is 0.276. The topological polar surface area (TPSA) is 201 Å². The van der Waals surface area contributed by atoms with Crippen molar-refractivity contribution < 1.29 is 39.6 Å². The largest absolute Gasteiger partial charge is 0.481 e. The molecule has 0 rings (SSSR count). The molecule has 10 nitrogen and oxygen atoms in total. The van der Waals surface area contributed by atoms with E-state index < -0.39 is 60.6 Å². The van der Waals surface area contributed by atoms with E-state index in [1.165, 1.54) is 0 Å².